The van der Waals surface area contributed by atoms with Gasteiger partial charge in [-0.1, -0.05) is 20.8 Å². The smallest absolute Gasteiger partial charge is 0.0782 e. The van der Waals surface area contributed by atoms with Crippen LogP contribution in [0.5, 0.6) is 0 Å². The molecule has 0 amide bonds. The normalized spacial score (nSPS) is 13.5. The molecule has 1 nitrogen and oxygen atoms in total. The fraction of sp³-hybridized carbons (Fsp3) is 1.00. The largest absolute Gasteiger partial charge is 0.329 e. The molecule has 0 unspecified atom stereocenters. The van der Waals surface area contributed by atoms with E-state index in [0.717, 1.165) is 4.48 Å². The molecule has 0 aliphatic carbocycles. The highest BCUT2D eigenvalue weighted by molar-refractivity contribution is 4.60. The van der Waals surface area contributed by atoms with Gasteiger partial charge in [-0.05, 0) is 25.2 Å². The van der Waals surface area contributed by atoms with E-state index in [0.29, 0.717) is 5.41 Å². The summed E-state index contributed by atoms with van der Waals surface area (Å²) in [6.07, 6.45) is 2.69. The van der Waals surface area contributed by atoms with Gasteiger partial charge in [0, 0.05) is 0 Å². The van der Waals surface area contributed by atoms with Crippen LogP contribution in [-0.2, 0) is 0 Å². The van der Waals surface area contributed by atoms with Crippen LogP contribution in [0.1, 0.15) is 40.5 Å². The van der Waals surface area contributed by atoms with Crippen molar-refractivity contribution in [2.45, 2.75) is 40.5 Å². The minimum atomic E-state index is 0.508. The summed E-state index contributed by atoms with van der Waals surface area (Å²) in [5, 5.41) is 0. The van der Waals surface area contributed by atoms with E-state index in [4.69, 9.17) is 0 Å². The molecule has 0 rings (SSSR count). The van der Waals surface area contributed by atoms with Gasteiger partial charge in [-0.15, -0.1) is 0 Å². The molecule has 0 aromatic heterocycles. The zero-order chi connectivity index (χ0) is 9.83. The lowest BCUT2D eigenvalue weighted by molar-refractivity contribution is -0.888. The SMILES string of the molecule is CC[N+](C)(C)CCCC(C)(C)C. The summed E-state index contributed by atoms with van der Waals surface area (Å²) in [5.74, 6) is 0. The first-order chi connectivity index (χ1) is 5.27. The molecule has 0 N–H and O–H groups in total. The highest BCUT2D eigenvalue weighted by Gasteiger charge is 2.15. The van der Waals surface area contributed by atoms with E-state index < -0.39 is 0 Å². The van der Waals surface area contributed by atoms with Crippen molar-refractivity contribution < 1.29 is 4.48 Å². The zero-order valence-electron chi connectivity index (χ0n) is 9.78. The van der Waals surface area contributed by atoms with Gasteiger partial charge in [-0.3, -0.25) is 0 Å². The Hall–Kier alpha value is -0.0400. The van der Waals surface area contributed by atoms with Crippen molar-refractivity contribution >= 4 is 0 Å². The average molecular weight is 172 g/mol. The van der Waals surface area contributed by atoms with E-state index in [9.17, 15) is 0 Å². The van der Waals surface area contributed by atoms with Gasteiger partial charge in [0.2, 0.25) is 0 Å². The number of rotatable bonds is 4. The summed E-state index contributed by atoms with van der Waals surface area (Å²) in [5.41, 5.74) is 0.508. The van der Waals surface area contributed by atoms with Crippen LogP contribution in [0, 0.1) is 5.41 Å². The molecular weight excluding hydrogens is 146 g/mol. The van der Waals surface area contributed by atoms with E-state index in [1.54, 1.807) is 0 Å². The minimum Gasteiger partial charge on any atom is -0.329 e. The summed E-state index contributed by atoms with van der Waals surface area (Å²) in [7, 11) is 4.62. The molecule has 0 aliphatic heterocycles. The maximum atomic E-state index is 2.32. The van der Waals surface area contributed by atoms with E-state index in [-0.39, 0.29) is 0 Å². The summed E-state index contributed by atoms with van der Waals surface area (Å²) in [6, 6.07) is 0. The second-order valence-electron chi connectivity index (χ2n) is 5.64. The first-order valence-corrected chi connectivity index (χ1v) is 5.09. The average Bonchev–Trinajstić information content (AvgIpc) is 1.84. The van der Waals surface area contributed by atoms with Crippen LogP contribution in [0.25, 0.3) is 0 Å². The van der Waals surface area contributed by atoms with Crippen LogP contribution < -0.4 is 0 Å². The van der Waals surface area contributed by atoms with Gasteiger partial charge < -0.3 is 4.48 Å². The fourth-order valence-electron chi connectivity index (χ4n) is 1.20. The van der Waals surface area contributed by atoms with Crippen LogP contribution in [0.3, 0.4) is 0 Å². The topological polar surface area (TPSA) is 0 Å². The Morgan fingerprint density at radius 2 is 1.58 bits per heavy atom. The van der Waals surface area contributed by atoms with Gasteiger partial charge in [-0.2, -0.15) is 0 Å². The summed E-state index contributed by atoms with van der Waals surface area (Å²) >= 11 is 0. The maximum Gasteiger partial charge on any atom is 0.0782 e. The Kier molecular flexibility index (Phi) is 4.25. The van der Waals surface area contributed by atoms with Gasteiger partial charge in [-0.25, -0.2) is 0 Å². The van der Waals surface area contributed by atoms with E-state index >= 15 is 0 Å². The van der Waals surface area contributed by atoms with Crippen LogP contribution in [0.2, 0.25) is 0 Å². The first-order valence-electron chi connectivity index (χ1n) is 5.09. The molecule has 0 spiro atoms. The van der Waals surface area contributed by atoms with Crippen molar-refractivity contribution in [1.82, 2.24) is 0 Å². The molecule has 0 aromatic carbocycles. The Bertz CT molecular complexity index is 119. The van der Waals surface area contributed by atoms with E-state index in [1.165, 1.54) is 25.9 Å². The van der Waals surface area contributed by atoms with Crippen molar-refractivity contribution in [3.8, 4) is 0 Å². The minimum absolute atomic E-state index is 0.508. The molecule has 0 saturated carbocycles. The van der Waals surface area contributed by atoms with Crippen LogP contribution in [0.4, 0.5) is 0 Å². The maximum absolute atomic E-state index is 2.32. The second kappa shape index (κ2) is 4.27. The van der Waals surface area contributed by atoms with Crippen molar-refractivity contribution in [3.05, 3.63) is 0 Å². The third-order valence-corrected chi connectivity index (χ3v) is 2.55. The van der Waals surface area contributed by atoms with Gasteiger partial charge in [0.1, 0.15) is 0 Å². The second-order valence-corrected chi connectivity index (χ2v) is 5.64. The third kappa shape index (κ3) is 6.66. The molecule has 0 atom stereocenters. The van der Waals surface area contributed by atoms with Crippen LogP contribution >= 0.6 is 0 Å². The van der Waals surface area contributed by atoms with Gasteiger partial charge in [0.05, 0.1) is 27.2 Å². The summed E-state index contributed by atoms with van der Waals surface area (Å²) in [6.45, 7) is 11.8. The van der Waals surface area contributed by atoms with Crippen molar-refractivity contribution in [2.24, 2.45) is 5.41 Å². The van der Waals surface area contributed by atoms with E-state index in [2.05, 4.69) is 41.8 Å². The van der Waals surface area contributed by atoms with E-state index in [1.807, 2.05) is 0 Å². The molecule has 1 heteroatoms. The number of quaternary nitrogens is 1. The molecule has 74 valence electrons. The molecule has 0 bridgehead atoms. The molecule has 12 heavy (non-hydrogen) atoms. The zero-order valence-corrected chi connectivity index (χ0v) is 9.78. The number of nitrogens with zero attached hydrogens (tertiary/aromatic N) is 1. The summed E-state index contributed by atoms with van der Waals surface area (Å²) < 4.78 is 1.16. The lowest BCUT2D eigenvalue weighted by Crippen LogP contribution is -2.40. The lowest BCUT2D eigenvalue weighted by Gasteiger charge is -2.29. The lowest BCUT2D eigenvalue weighted by atomic mass is 9.90. The molecule has 0 saturated heterocycles. The van der Waals surface area contributed by atoms with Gasteiger partial charge in [0.25, 0.3) is 0 Å². The highest BCUT2D eigenvalue weighted by atomic mass is 15.3. The Morgan fingerprint density at radius 3 is 1.92 bits per heavy atom. The van der Waals surface area contributed by atoms with Crippen molar-refractivity contribution in [2.75, 3.05) is 27.2 Å². The van der Waals surface area contributed by atoms with Crippen LogP contribution in [0.15, 0.2) is 0 Å². The Labute approximate surface area is 78.4 Å². The van der Waals surface area contributed by atoms with Crippen LogP contribution in [-0.4, -0.2) is 31.7 Å². The predicted octanol–water partition coefficient (Wildman–Crippen LogP) is 2.91. The molecular formula is C11H26N+. The van der Waals surface area contributed by atoms with Crippen molar-refractivity contribution in [1.29, 1.82) is 0 Å². The third-order valence-electron chi connectivity index (χ3n) is 2.55. The standard InChI is InChI=1S/C11H26N/c1-7-12(5,6)10-8-9-11(2,3)4/h7-10H2,1-6H3/q+1. The van der Waals surface area contributed by atoms with Gasteiger partial charge >= 0.3 is 0 Å². The predicted molar refractivity (Wildman–Crippen MR) is 56.2 cm³/mol. The number of hydrogen-bond donors (Lipinski definition) is 0. The first kappa shape index (κ1) is 12.0. The summed E-state index contributed by atoms with van der Waals surface area (Å²) in [4.78, 5) is 0. The Morgan fingerprint density at radius 1 is 1.08 bits per heavy atom. The van der Waals surface area contributed by atoms with Gasteiger partial charge in [0.15, 0.2) is 0 Å². The monoisotopic (exact) mass is 172 g/mol. The fourth-order valence-corrected chi connectivity index (χ4v) is 1.20. The molecule has 0 heterocycles. The molecule has 0 aromatic rings. The highest BCUT2D eigenvalue weighted by Crippen LogP contribution is 2.21. The molecule has 0 radical (unpaired) electrons. The molecule has 0 aliphatic rings. The quantitative estimate of drug-likeness (QED) is 0.572. The molecule has 0 fully saturated rings. The number of hydrogen-bond acceptors (Lipinski definition) is 0. The Balaban J connectivity index is 3.57. The van der Waals surface area contributed by atoms with Crippen molar-refractivity contribution in [3.63, 3.8) is 0 Å².